The van der Waals surface area contributed by atoms with Crippen LogP contribution in [0.5, 0.6) is 5.75 Å². The second kappa shape index (κ2) is 9.15. The summed E-state index contributed by atoms with van der Waals surface area (Å²) in [5.41, 5.74) is 0.636. The van der Waals surface area contributed by atoms with Crippen LogP contribution in [0.3, 0.4) is 0 Å². The second-order valence-electron chi connectivity index (χ2n) is 5.33. The quantitative estimate of drug-likeness (QED) is 0.516. The van der Waals surface area contributed by atoms with E-state index in [1.54, 1.807) is 24.3 Å². The molecule has 1 aromatic rings. The zero-order valence-electron chi connectivity index (χ0n) is 13.8. The molecule has 0 aliphatic carbocycles. The van der Waals surface area contributed by atoms with Gasteiger partial charge in [-0.25, -0.2) is 0 Å². The molecule has 1 rings (SSSR count). The van der Waals surface area contributed by atoms with Crippen LogP contribution >= 0.6 is 0 Å². The van der Waals surface area contributed by atoms with Gasteiger partial charge in [-0.05, 0) is 25.5 Å². The minimum absolute atomic E-state index is 0.00209. The van der Waals surface area contributed by atoms with Gasteiger partial charge in [-0.15, -0.1) is 6.58 Å². The third-order valence-electron chi connectivity index (χ3n) is 3.26. The van der Waals surface area contributed by atoms with Crippen LogP contribution in [0.2, 0.25) is 0 Å². The molecular weight excluding hydrogens is 319 g/mol. The predicted octanol–water partition coefficient (Wildman–Crippen LogP) is 4.45. The number of amides is 1. The first-order valence-electron chi connectivity index (χ1n) is 7.67. The number of alkyl halides is 3. The van der Waals surface area contributed by atoms with Gasteiger partial charge in [-0.1, -0.05) is 31.2 Å². The highest BCUT2D eigenvalue weighted by Crippen LogP contribution is 2.22. The summed E-state index contributed by atoms with van der Waals surface area (Å²) >= 11 is 0. The maximum atomic E-state index is 12.5. The van der Waals surface area contributed by atoms with Crippen LogP contribution in [0, 0.1) is 0 Å². The number of benzene rings is 1. The molecule has 0 bridgehead atoms. The lowest BCUT2D eigenvalue weighted by Gasteiger charge is -2.21. The van der Waals surface area contributed by atoms with E-state index in [2.05, 4.69) is 6.58 Å². The third-order valence-corrected chi connectivity index (χ3v) is 3.26. The molecule has 0 aliphatic heterocycles. The minimum Gasteiger partial charge on any atom is -0.490 e. The average Bonchev–Trinajstić information content (AvgIpc) is 2.52. The smallest absolute Gasteiger partial charge is 0.406 e. The van der Waals surface area contributed by atoms with Crippen molar-refractivity contribution in [2.75, 3.05) is 13.1 Å². The molecule has 0 radical (unpaired) electrons. The number of hydrogen-bond donors (Lipinski definition) is 0. The highest BCUT2D eigenvalue weighted by atomic mass is 19.4. The normalized spacial score (nSPS) is 12.9. The van der Waals surface area contributed by atoms with Crippen molar-refractivity contribution in [3.05, 3.63) is 48.6 Å². The Morgan fingerprint density at radius 3 is 2.62 bits per heavy atom. The van der Waals surface area contributed by atoms with Gasteiger partial charge in [0.2, 0.25) is 5.91 Å². The first kappa shape index (κ1) is 19.8. The number of rotatable bonds is 8. The first-order valence-corrected chi connectivity index (χ1v) is 7.67. The van der Waals surface area contributed by atoms with Crippen LogP contribution in [0.15, 0.2) is 43.0 Å². The number of carbonyl (C=O) groups is 1. The molecule has 0 saturated heterocycles. The molecule has 0 aromatic heterocycles. The van der Waals surface area contributed by atoms with Gasteiger partial charge in [0.25, 0.3) is 0 Å². The van der Waals surface area contributed by atoms with Crippen LogP contribution in [-0.4, -0.2) is 36.2 Å². The molecule has 1 aromatic carbocycles. The van der Waals surface area contributed by atoms with Gasteiger partial charge in [0.1, 0.15) is 12.3 Å². The molecule has 132 valence electrons. The molecule has 0 saturated carbocycles. The van der Waals surface area contributed by atoms with Gasteiger partial charge in [0.05, 0.1) is 6.10 Å². The molecule has 0 heterocycles. The minimum atomic E-state index is -4.45. The van der Waals surface area contributed by atoms with Crippen molar-refractivity contribution in [1.82, 2.24) is 4.90 Å². The number of para-hydroxylation sites is 1. The van der Waals surface area contributed by atoms with Crippen molar-refractivity contribution in [3.8, 4) is 5.75 Å². The Bertz CT molecular complexity index is 582. The summed E-state index contributed by atoms with van der Waals surface area (Å²) in [6.45, 7) is 5.80. The Balaban J connectivity index is 2.90. The molecule has 1 unspecified atom stereocenters. The number of hydrogen-bond acceptors (Lipinski definition) is 2. The van der Waals surface area contributed by atoms with E-state index < -0.39 is 18.6 Å². The monoisotopic (exact) mass is 341 g/mol. The van der Waals surface area contributed by atoms with Crippen molar-refractivity contribution >= 4 is 12.0 Å². The summed E-state index contributed by atoms with van der Waals surface area (Å²) in [6, 6.07) is 7.06. The number of carbonyl (C=O) groups excluding carboxylic acids is 1. The Morgan fingerprint density at radius 1 is 1.38 bits per heavy atom. The van der Waals surface area contributed by atoms with Gasteiger partial charge in [-0.3, -0.25) is 4.79 Å². The summed E-state index contributed by atoms with van der Waals surface area (Å²) in [7, 11) is 0. The highest BCUT2D eigenvalue weighted by Gasteiger charge is 2.31. The summed E-state index contributed by atoms with van der Waals surface area (Å²) in [6.07, 6.45) is 0.204. The van der Waals surface area contributed by atoms with Crippen LogP contribution in [0.1, 0.15) is 25.8 Å². The van der Waals surface area contributed by atoms with Crippen molar-refractivity contribution < 1.29 is 22.7 Å². The Kier molecular flexibility index (Phi) is 7.55. The Labute approximate surface area is 140 Å². The predicted molar refractivity (Wildman–Crippen MR) is 88.7 cm³/mol. The molecule has 1 atom stereocenters. The largest absolute Gasteiger partial charge is 0.490 e. The molecule has 0 spiro atoms. The summed E-state index contributed by atoms with van der Waals surface area (Å²) in [5.74, 6) is -0.146. The van der Waals surface area contributed by atoms with E-state index in [1.165, 1.54) is 12.2 Å². The van der Waals surface area contributed by atoms with Gasteiger partial charge in [0.15, 0.2) is 0 Å². The van der Waals surface area contributed by atoms with Crippen molar-refractivity contribution in [2.24, 2.45) is 0 Å². The van der Waals surface area contributed by atoms with Gasteiger partial charge < -0.3 is 9.64 Å². The lowest BCUT2D eigenvalue weighted by atomic mass is 10.1. The zero-order valence-corrected chi connectivity index (χ0v) is 13.8. The molecular formula is C18H22F3NO2. The maximum absolute atomic E-state index is 12.5. The zero-order chi connectivity index (χ0) is 18.2. The molecule has 0 fully saturated rings. The van der Waals surface area contributed by atoms with Crippen LogP contribution < -0.4 is 4.74 Å². The highest BCUT2D eigenvalue weighted by molar-refractivity contribution is 5.92. The molecule has 1 amide bonds. The molecule has 24 heavy (non-hydrogen) atoms. The molecule has 3 nitrogen and oxygen atoms in total. The second-order valence-corrected chi connectivity index (χ2v) is 5.33. The molecule has 6 heteroatoms. The van der Waals surface area contributed by atoms with E-state index in [-0.39, 0.29) is 12.6 Å². The van der Waals surface area contributed by atoms with E-state index in [4.69, 9.17) is 4.74 Å². The van der Waals surface area contributed by atoms with Crippen molar-refractivity contribution in [2.45, 2.75) is 32.5 Å². The van der Waals surface area contributed by atoms with E-state index in [9.17, 15) is 18.0 Å². The fourth-order valence-corrected chi connectivity index (χ4v) is 1.90. The van der Waals surface area contributed by atoms with Gasteiger partial charge >= 0.3 is 6.18 Å². The van der Waals surface area contributed by atoms with Crippen LogP contribution in [-0.2, 0) is 4.79 Å². The van der Waals surface area contributed by atoms with Crippen molar-refractivity contribution in [1.29, 1.82) is 0 Å². The molecule has 0 N–H and O–H groups in total. The fourth-order valence-electron chi connectivity index (χ4n) is 1.90. The average molecular weight is 341 g/mol. The standard InChI is InChI=1S/C18H22F3NO2/c1-4-12-22(13-18(19,20)21)17(23)11-10-15-8-6-7-9-16(15)24-14(3)5-2/h4,6-11,14H,1,5,12-13H2,2-3H3/b11-10+. The fraction of sp³-hybridized carbons (Fsp3) is 0.389. The summed E-state index contributed by atoms with van der Waals surface area (Å²) in [4.78, 5) is 12.7. The van der Waals surface area contributed by atoms with Crippen LogP contribution in [0.4, 0.5) is 13.2 Å². The lowest BCUT2D eigenvalue weighted by Crippen LogP contribution is -2.38. The molecule has 0 aliphatic rings. The maximum Gasteiger partial charge on any atom is 0.406 e. The lowest BCUT2D eigenvalue weighted by molar-refractivity contribution is -0.157. The number of halogens is 3. The number of nitrogens with zero attached hydrogens (tertiary/aromatic N) is 1. The number of ether oxygens (including phenoxy) is 1. The van der Waals surface area contributed by atoms with E-state index in [0.717, 1.165) is 12.5 Å². The van der Waals surface area contributed by atoms with E-state index in [0.29, 0.717) is 16.2 Å². The van der Waals surface area contributed by atoms with Gasteiger partial charge in [-0.2, -0.15) is 13.2 Å². The van der Waals surface area contributed by atoms with E-state index >= 15 is 0 Å². The summed E-state index contributed by atoms with van der Waals surface area (Å²) in [5, 5.41) is 0. The Hall–Kier alpha value is -2.24. The van der Waals surface area contributed by atoms with E-state index in [1.807, 2.05) is 13.8 Å². The third kappa shape index (κ3) is 6.89. The SMILES string of the molecule is C=CCN(CC(F)(F)F)C(=O)/C=C/c1ccccc1OC(C)CC. The summed E-state index contributed by atoms with van der Waals surface area (Å²) < 4.78 is 43.3. The van der Waals surface area contributed by atoms with Gasteiger partial charge in [0, 0.05) is 18.2 Å². The van der Waals surface area contributed by atoms with Crippen LogP contribution in [0.25, 0.3) is 6.08 Å². The topological polar surface area (TPSA) is 29.5 Å². The van der Waals surface area contributed by atoms with Crippen molar-refractivity contribution in [3.63, 3.8) is 0 Å². The first-order chi connectivity index (χ1) is 11.3. The Morgan fingerprint density at radius 2 is 2.04 bits per heavy atom.